The minimum Gasteiger partial charge on any atom is -0.458 e. The van der Waals surface area contributed by atoms with Gasteiger partial charge in [-0.2, -0.15) is 0 Å². The number of aromatic nitrogens is 1. The summed E-state index contributed by atoms with van der Waals surface area (Å²) < 4.78 is 12.0. The first kappa shape index (κ1) is 15.7. The normalized spacial score (nSPS) is 12.3. The number of methoxy groups -OCH3 is 1. The summed E-state index contributed by atoms with van der Waals surface area (Å²) in [5.41, 5.74) is 1.28. The third-order valence-corrected chi connectivity index (χ3v) is 3.90. The van der Waals surface area contributed by atoms with E-state index in [0.29, 0.717) is 17.9 Å². The van der Waals surface area contributed by atoms with E-state index >= 15 is 0 Å². The quantitative estimate of drug-likeness (QED) is 0.739. The van der Waals surface area contributed by atoms with E-state index in [9.17, 15) is 4.79 Å². The lowest BCUT2D eigenvalue weighted by molar-refractivity contribution is 0.0747. The molecule has 0 spiro atoms. The van der Waals surface area contributed by atoms with Gasteiger partial charge in [-0.15, -0.1) is 0 Å². The molecule has 1 aromatic carbocycles. The van der Waals surface area contributed by atoms with Gasteiger partial charge in [-0.3, -0.25) is 9.78 Å². The van der Waals surface area contributed by atoms with Gasteiger partial charge in [0.2, 0.25) is 0 Å². The molecule has 0 aliphatic rings. The number of rotatable bonds is 5. The van der Waals surface area contributed by atoms with Crippen LogP contribution in [-0.4, -0.2) is 24.5 Å². The highest BCUT2D eigenvalue weighted by atomic mass is 79.9. The monoisotopic (exact) mass is 374 g/mol. The van der Waals surface area contributed by atoms with Gasteiger partial charge in [0.25, 0.3) is 5.91 Å². The zero-order valence-electron chi connectivity index (χ0n) is 12.5. The van der Waals surface area contributed by atoms with Crippen LogP contribution in [0.3, 0.4) is 0 Å². The number of fused-ring (bicyclic) bond motifs is 1. The SMILES string of the molecule is CO[C@H](CNC(=O)c1cncc(Br)c1)c1cc2ccccc2o1. The highest BCUT2D eigenvalue weighted by Gasteiger charge is 2.17. The van der Waals surface area contributed by atoms with E-state index in [1.54, 1.807) is 19.4 Å². The van der Waals surface area contributed by atoms with Crippen LogP contribution in [0.1, 0.15) is 22.2 Å². The van der Waals surface area contributed by atoms with Gasteiger partial charge in [-0.05, 0) is 34.1 Å². The van der Waals surface area contributed by atoms with Crippen LogP contribution < -0.4 is 5.32 Å². The first-order valence-corrected chi connectivity index (χ1v) is 7.86. The number of pyridine rings is 1. The lowest BCUT2D eigenvalue weighted by Gasteiger charge is -2.13. The van der Waals surface area contributed by atoms with E-state index in [2.05, 4.69) is 26.2 Å². The molecule has 118 valence electrons. The zero-order chi connectivity index (χ0) is 16.2. The highest BCUT2D eigenvalue weighted by molar-refractivity contribution is 9.10. The molecule has 0 bridgehead atoms. The van der Waals surface area contributed by atoms with Gasteiger partial charge in [0.1, 0.15) is 17.4 Å². The predicted molar refractivity (Wildman–Crippen MR) is 90.2 cm³/mol. The first-order chi connectivity index (χ1) is 11.2. The van der Waals surface area contributed by atoms with E-state index in [-0.39, 0.29) is 12.0 Å². The van der Waals surface area contributed by atoms with Crippen molar-refractivity contribution in [3.63, 3.8) is 0 Å². The van der Waals surface area contributed by atoms with Crippen molar-refractivity contribution in [3.05, 3.63) is 64.6 Å². The van der Waals surface area contributed by atoms with Gasteiger partial charge in [0.15, 0.2) is 0 Å². The topological polar surface area (TPSA) is 64.4 Å². The summed E-state index contributed by atoms with van der Waals surface area (Å²) in [6.07, 6.45) is 2.79. The summed E-state index contributed by atoms with van der Waals surface area (Å²) in [7, 11) is 1.59. The van der Waals surface area contributed by atoms with E-state index < -0.39 is 0 Å². The molecule has 0 radical (unpaired) electrons. The van der Waals surface area contributed by atoms with Gasteiger partial charge in [0.05, 0.1) is 12.1 Å². The van der Waals surface area contributed by atoms with Crippen LogP contribution >= 0.6 is 15.9 Å². The molecule has 2 heterocycles. The summed E-state index contributed by atoms with van der Waals surface area (Å²) in [5.74, 6) is 0.471. The van der Waals surface area contributed by atoms with E-state index in [4.69, 9.17) is 9.15 Å². The summed E-state index contributed by atoms with van der Waals surface area (Å²) in [6.45, 7) is 0.307. The molecule has 0 saturated carbocycles. The van der Waals surface area contributed by atoms with Gasteiger partial charge in [-0.25, -0.2) is 0 Å². The molecule has 0 unspecified atom stereocenters. The molecule has 0 saturated heterocycles. The molecule has 0 aliphatic heterocycles. The molecule has 3 rings (SSSR count). The third-order valence-electron chi connectivity index (χ3n) is 3.46. The lowest BCUT2D eigenvalue weighted by Crippen LogP contribution is -2.29. The zero-order valence-corrected chi connectivity index (χ0v) is 14.0. The Bertz CT molecular complexity index is 798. The fraction of sp³-hybridized carbons (Fsp3) is 0.176. The van der Waals surface area contributed by atoms with Gasteiger partial charge in [0, 0.05) is 29.4 Å². The molecule has 3 aromatic rings. The number of furan rings is 1. The number of carbonyl (C=O) groups excluding carboxylic acids is 1. The average molecular weight is 375 g/mol. The predicted octanol–water partition coefficient (Wildman–Crippen LogP) is 3.71. The second-order valence-corrected chi connectivity index (χ2v) is 5.93. The number of ether oxygens (including phenoxy) is 1. The van der Waals surface area contributed by atoms with Crippen LogP contribution in [0.5, 0.6) is 0 Å². The van der Waals surface area contributed by atoms with Crippen molar-refractivity contribution in [1.29, 1.82) is 0 Å². The molecule has 1 atom stereocenters. The Morgan fingerprint density at radius 3 is 2.91 bits per heavy atom. The van der Waals surface area contributed by atoms with Crippen LogP contribution in [0.25, 0.3) is 11.0 Å². The fourth-order valence-corrected chi connectivity index (χ4v) is 2.65. The lowest BCUT2D eigenvalue weighted by atomic mass is 10.2. The molecule has 2 aromatic heterocycles. The molecular formula is C17H15BrN2O3. The Kier molecular flexibility index (Phi) is 4.73. The molecule has 0 fully saturated rings. The standard InChI is InChI=1S/C17H15BrN2O3/c1-22-16(15-7-11-4-2-3-5-14(11)23-15)10-20-17(21)12-6-13(18)9-19-8-12/h2-9,16H,10H2,1H3,(H,20,21)/t16-/m1/s1. The van der Waals surface area contributed by atoms with E-state index in [0.717, 1.165) is 15.4 Å². The number of para-hydroxylation sites is 1. The maximum absolute atomic E-state index is 12.2. The smallest absolute Gasteiger partial charge is 0.252 e. The molecule has 5 nitrogen and oxygen atoms in total. The Labute approximate surface area is 141 Å². The van der Waals surface area contributed by atoms with Gasteiger partial charge >= 0.3 is 0 Å². The summed E-state index contributed by atoms with van der Waals surface area (Å²) >= 11 is 3.30. The van der Waals surface area contributed by atoms with Crippen molar-refractivity contribution in [2.24, 2.45) is 0 Å². The largest absolute Gasteiger partial charge is 0.458 e. The number of benzene rings is 1. The molecule has 6 heteroatoms. The van der Waals surface area contributed by atoms with E-state index in [1.165, 1.54) is 6.20 Å². The van der Waals surface area contributed by atoms with Crippen LogP contribution in [-0.2, 0) is 4.74 Å². The first-order valence-electron chi connectivity index (χ1n) is 7.07. The minimum absolute atomic E-state index is 0.211. The number of carbonyl (C=O) groups is 1. The van der Waals surface area contributed by atoms with Gasteiger partial charge in [-0.1, -0.05) is 18.2 Å². The van der Waals surface area contributed by atoms with Crippen molar-refractivity contribution < 1.29 is 13.9 Å². The van der Waals surface area contributed by atoms with Crippen LogP contribution in [0.4, 0.5) is 0 Å². The Morgan fingerprint density at radius 1 is 1.35 bits per heavy atom. The number of hydrogen-bond acceptors (Lipinski definition) is 4. The molecule has 1 N–H and O–H groups in total. The summed E-state index contributed by atoms with van der Waals surface area (Å²) in [6, 6.07) is 11.4. The van der Waals surface area contributed by atoms with E-state index in [1.807, 2.05) is 30.3 Å². The Hall–Kier alpha value is -2.18. The van der Waals surface area contributed by atoms with Crippen molar-refractivity contribution >= 4 is 32.8 Å². The summed E-state index contributed by atoms with van der Waals surface area (Å²) in [5, 5.41) is 3.84. The number of hydrogen-bond donors (Lipinski definition) is 1. The molecular weight excluding hydrogens is 360 g/mol. The summed E-state index contributed by atoms with van der Waals surface area (Å²) in [4.78, 5) is 16.1. The third kappa shape index (κ3) is 3.60. The van der Waals surface area contributed by atoms with Crippen LogP contribution in [0.15, 0.2) is 57.7 Å². The second-order valence-electron chi connectivity index (χ2n) is 5.01. The number of nitrogens with one attached hydrogen (secondary N) is 1. The maximum Gasteiger partial charge on any atom is 0.252 e. The van der Waals surface area contributed by atoms with Crippen LogP contribution in [0.2, 0.25) is 0 Å². The van der Waals surface area contributed by atoms with Crippen molar-refractivity contribution in [1.82, 2.24) is 10.3 Å². The molecule has 23 heavy (non-hydrogen) atoms. The Balaban J connectivity index is 1.71. The second kappa shape index (κ2) is 6.93. The van der Waals surface area contributed by atoms with Crippen LogP contribution in [0, 0.1) is 0 Å². The number of amides is 1. The van der Waals surface area contributed by atoms with Gasteiger partial charge < -0.3 is 14.5 Å². The fourth-order valence-electron chi connectivity index (χ4n) is 2.28. The Morgan fingerprint density at radius 2 is 2.17 bits per heavy atom. The van der Waals surface area contributed by atoms with Crippen molar-refractivity contribution in [2.75, 3.05) is 13.7 Å². The molecule has 1 amide bonds. The molecule has 0 aliphatic carbocycles. The number of nitrogens with zero attached hydrogens (tertiary/aromatic N) is 1. The highest BCUT2D eigenvalue weighted by Crippen LogP contribution is 2.25. The van der Waals surface area contributed by atoms with Crippen molar-refractivity contribution in [3.8, 4) is 0 Å². The maximum atomic E-state index is 12.2. The minimum atomic E-state index is -0.355. The average Bonchev–Trinajstić information content (AvgIpc) is 2.99. The number of halogens is 1. The van der Waals surface area contributed by atoms with Crippen molar-refractivity contribution in [2.45, 2.75) is 6.10 Å².